The van der Waals surface area contributed by atoms with Crippen LogP contribution < -0.4 is 5.32 Å². The maximum absolute atomic E-state index is 11.6. The molecule has 1 fully saturated rings. The Labute approximate surface area is 132 Å². The van der Waals surface area contributed by atoms with Gasteiger partial charge in [0.2, 0.25) is 0 Å². The molecule has 0 aliphatic carbocycles. The van der Waals surface area contributed by atoms with Gasteiger partial charge in [-0.05, 0) is 50.7 Å². The second-order valence-corrected chi connectivity index (χ2v) is 8.27. The largest absolute Gasteiger partial charge is 0.313 e. The summed E-state index contributed by atoms with van der Waals surface area (Å²) in [6.07, 6.45) is 1.68. The number of hydrogen-bond acceptors (Lipinski definition) is 4. The molecule has 1 aromatic rings. The third kappa shape index (κ3) is 5.25. The SMILES string of the molecule is CNC(CCN1CCCS(=O)(=O)CC1)c1cccc(Cl)c1. The molecule has 0 bridgehead atoms. The molecule has 1 aliphatic heterocycles. The predicted octanol–water partition coefficient (Wildman–Crippen LogP) is 2.11. The number of halogens is 1. The average molecular weight is 331 g/mol. The minimum absolute atomic E-state index is 0.239. The van der Waals surface area contributed by atoms with Gasteiger partial charge in [-0.25, -0.2) is 8.42 Å². The van der Waals surface area contributed by atoms with Crippen LogP contribution in [0.3, 0.4) is 0 Å². The summed E-state index contributed by atoms with van der Waals surface area (Å²) < 4.78 is 23.2. The molecule has 118 valence electrons. The normalized spacial score (nSPS) is 20.9. The summed E-state index contributed by atoms with van der Waals surface area (Å²) in [6.45, 7) is 2.41. The van der Waals surface area contributed by atoms with E-state index in [1.54, 1.807) is 0 Å². The molecule has 21 heavy (non-hydrogen) atoms. The van der Waals surface area contributed by atoms with Crippen molar-refractivity contribution in [2.24, 2.45) is 0 Å². The molecular formula is C15H23ClN2O2S. The van der Waals surface area contributed by atoms with Gasteiger partial charge in [0.1, 0.15) is 0 Å². The first kappa shape index (κ1) is 16.7. The number of hydrogen-bond donors (Lipinski definition) is 1. The highest BCUT2D eigenvalue weighted by atomic mass is 35.5. The summed E-state index contributed by atoms with van der Waals surface area (Å²) in [7, 11) is -0.886. The van der Waals surface area contributed by atoms with E-state index in [0.717, 1.165) is 31.0 Å². The highest BCUT2D eigenvalue weighted by Crippen LogP contribution is 2.21. The number of nitrogens with one attached hydrogen (secondary N) is 1. The summed E-state index contributed by atoms with van der Waals surface area (Å²) in [5, 5.41) is 4.06. The van der Waals surface area contributed by atoms with Crippen LogP contribution in [0.2, 0.25) is 5.02 Å². The predicted molar refractivity (Wildman–Crippen MR) is 87.6 cm³/mol. The Bertz CT molecular complexity index is 563. The molecule has 0 radical (unpaired) electrons. The third-order valence-corrected chi connectivity index (χ3v) is 5.93. The lowest BCUT2D eigenvalue weighted by molar-refractivity contribution is 0.277. The number of benzene rings is 1. The maximum atomic E-state index is 11.6. The summed E-state index contributed by atoms with van der Waals surface area (Å²) >= 11 is 6.04. The second kappa shape index (κ2) is 7.58. The maximum Gasteiger partial charge on any atom is 0.151 e. The van der Waals surface area contributed by atoms with E-state index < -0.39 is 9.84 Å². The molecule has 2 rings (SSSR count). The quantitative estimate of drug-likeness (QED) is 0.898. The van der Waals surface area contributed by atoms with Crippen LogP contribution in [-0.2, 0) is 9.84 Å². The Morgan fingerprint density at radius 1 is 1.33 bits per heavy atom. The van der Waals surface area contributed by atoms with Crippen LogP contribution in [0, 0.1) is 0 Å². The Hall–Kier alpha value is -0.620. The number of nitrogens with zero attached hydrogens (tertiary/aromatic N) is 1. The van der Waals surface area contributed by atoms with Gasteiger partial charge in [0.25, 0.3) is 0 Å². The fourth-order valence-corrected chi connectivity index (χ4v) is 4.23. The monoisotopic (exact) mass is 330 g/mol. The summed E-state index contributed by atoms with van der Waals surface area (Å²) in [5.41, 5.74) is 1.17. The number of rotatable bonds is 5. The van der Waals surface area contributed by atoms with Gasteiger partial charge < -0.3 is 10.2 Å². The molecule has 1 atom stereocenters. The molecule has 1 heterocycles. The second-order valence-electron chi connectivity index (χ2n) is 5.53. The van der Waals surface area contributed by atoms with Gasteiger partial charge in [0.05, 0.1) is 11.5 Å². The fourth-order valence-electron chi connectivity index (χ4n) is 2.73. The summed E-state index contributed by atoms with van der Waals surface area (Å²) in [4.78, 5) is 2.25. The molecule has 1 aliphatic rings. The van der Waals surface area contributed by atoms with Crippen LogP contribution in [0.4, 0.5) is 0 Å². The van der Waals surface area contributed by atoms with Crippen molar-refractivity contribution in [2.75, 3.05) is 38.2 Å². The molecule has 1 N–H and O–H groups in total. The van der Waals surface area contributed by atoms with E-state index in [4.69, 9.17) is 11.6 Å². The van der Waals surface area contributed by atoms with E-state index in [0.29, 0.717) is 12.3 Å². The Morgan fingerprint density at radius 2 is 2.14 bits per heavy atom. The molecular weight excluding hydrogens is 308 g/mol. The Kier molecular flexibility index (Phi) is 6.05. The molecule has 1 unspecified atom stereocenters. The van der Waals surface area contributed by atoms with E-state index in [2.05, 4.69) is 16.3 Å². The standard InChI is InChI=1S/C15H23ClN2O2S/c1-17-15(13-4-2-5-14(16)12-13)6-8-18-7-3-10-21(19,20)11-9-18/h2,4-5,12,15,17H,3,6-11H2,1H3. The van der Waals surface area contributed by atoms with Crippen molar-refractivity contribution in [3.8, 4) is 0 Å². The van der Waals surface area contributed by atoms with Crippen LogP contribution >= 0.6 is 11.6 Å². The lowest BCUT2D eigenvalue weighted by Gasteiger charge is -2.23. The summed E-state index contributed by atoms with van der Waals surface area (Å²) in [5.74, 6) is 0.613. The molecule has 1 saturated heterocycles. The summed E-state index contributed by atoms with van der Waals surface area (Å²) in [6, 6.07) is 8.12. The van der Waals surface area contributed by atoms with Gasteiger partial charge in [-0.1, -0.05) is 23.7 Å². The zero-order valence-corrected chi connectivity index (χ0v) is 14.0. The fraction of sp³-hybridized carbons (Fsp3) is 0.600. The van der Waals surface area contributed by atoms with E-state index >= 15 is 0 Å². The highest BCUT2D eigenvalue weighted by Gasteiger charge is 2.20. The molecule has 4 nitrogen and oxygen atoms in total. The Morgan fingerprint density at radius 3 is 2.86 bits per heavy atom. The first-order chi connectivity index (χ1) is 10.00. The van der Waals surface area contributed by atoms with Crippen molar-refractivity contribution in [1.29, 1.82) is 0 Å². The van der Waals surface area contributed by atoms with Crippen LogP contribution in [-0.4, -0.2) is 51.5 Å². The van der Waals surface area contributed by atoms with Crippen molar-refractivity contribution in [1.82, 2.24) is 10.2 Å². The minimum atomic E-state index is -2.83. The van der Waals surface area contributed by atoms with Gasteiger partial charge in [-0.2, -0.15) is 0 Å². The topological polar surface area (TPSA) is 49.4 Å². The van der Waals surface area contributed by atoms with Crippen molar-refractivity contribution in [3.63, 3.8) is 0 Å². The van der Waals surface area contributed by atoms with Gasteiger partial charge in [0, 0.05) is 17.6 Å². The van der Waals surface area contributed by atoms with E-state index in [-0.39, 0.29) is 11.8 Å². The minimum Gasteiger partial charge on any atom is -0.313 e. The molecule has 1 aromatic carbocycles. The molecule has 0 spiro atoms. The van der Waals surface area contributed by atoms with E-state index in [9.17, 15) is 8.42 Å². The zero-order valence-electron chi connectivity index (χ0n) is 12.4. The van der Waals surface area contributed by atoms with E-state index in [1.807, 2.05) is 25.2 Å². The first-order valence-electron chi connectivity index (χ1n) is 7.36. The van der Waals surface area contributed by atoms with Gasteiger partial charge in [0.15, 0.2) is 9.84 Å². The van der Waals surface area contributed by atoms with Crippen LogP contribution in [0.5, 0.6) is 0 Å². The number of sulfone groups is 1. The van der Waals surface area contributed by atoms with E-state index in [1.165, 1.54) is 5.56 Å². The van der Waals surface area contributed by atoms with Crippen molar-refractivity contribution < 1.29 is 8.42 Å². The average Bonchev–Trinajstić information content (AvgIpc) is 2.61. The zero-order chi connectivity index (χ0) is 15.3. The molecule has 0 amide bonds. The molecule has 0 aromatic heterocycles. The first-order valence-corrected chi connectivity index (χ1v) is 9.55. The lowest BCUT2D eigenvalue weighted by Crippen LogP contribution is -2.31. The Balaban J connectivity index is 1.91. The van der Waals surface area contributed by atoms with Gasteiger partial charge in [-0.3, -0.25) is 0 Å². The van der Waals surface area contributed by atoms with Crippen LogP contribution in [0.1, 0.15) is 24.4 Å². The van der Waals surface area contributed by atoms with Crippen LogP contribution in [0.25, 0.3) is 0 Å². The van der Waals surface area contributed by atoms with Crippen LogP contribution in [0.15, 0.2) is 24.3 Å². The molecule has 0 saturated carbocycles. The van der Waals surface area contributed by atoms with Gasteiger partial charge >= 0.3 is 0 Å². The van der Waals surface area contributed by atoms with Gasteiger partial charge in [-0.15, -0.1) is 0 Å². The lowest BCUT2D eigenvalue weighted by atomic mass is 10.0. The van der Waals surface area contributed by atoms with Crippen molar-refractivity contribution in [2.45, 2.75) is 18.9 Å². The smallest absolute Gasteiger partial charge is 0.151 e. The van der Waals surface area contributed by atoms with Crippen molar-refractivity contribution >= 4 is 21.4 Å². The molecule has 6 heteroatoms. The van der Waals surface area contributed by atoms with Crippen molar-refractivity contribution in [3.05, 3.63) is 34.9 Å². The third-order valence-electron chi connectivity index (χ3n) is 3.98. The highest BCUT2D eigenvalue weighted by molar-refractivity contribution is 7.91.